The minimum atomic E-state index is -0.778. The Hall–Kier alpha value is -3.15. The standard InChI is InChI=1S/C20H21NO5/c1-3-18(26-17-7-5-4-6-8-17)20(24)25-13-19(23)21-16-11-9-15(10-12-16)14(2)22/h4-12,18H,3,13H2,1-2H3,(H,21,23)/t18-/m1/s1. The van der Waals surface area contributed by atoms with Gasteiger partial charge in [-0.25, -0.2) is 4.79 Å². The minimum absolute atomic E-state index is 0.0548. The van der Waals surface area contributed by atoms with E-state index in [4.69, 9.17) is 9.47 Å². The van der Waals surface area contributed by atoms with E-state index in [1.165, 1.54) is 6.92 Å². The molecule has 0 saturated carbocycles. The molecule has 0 saturated heterocycles. The van der Waals surface area contributed by atoms with Crippen LogP contribution in [-0.2, 0) is 14.3 Å². The number of hydrogen-bond acceptors (Lipinski definition) is 5. The summed E-state index contributed by atoms with van der Waals surface area (Å²) in [6.45, 7) is 2.85. The molecule has 2 aromatic carbocycles. The van der Waals surface area contributed by atoms with Crippen LogP contribution < -0.4 is 10.1 Å². The Kier molecular flexibility index (Phi) is 6.91. The molecule has 0 spiro atoms. The molecule has 6 heteroatoms. The van der Waals surface area contributed by atoms with Crippen LogP contribution in [0, 0.1) is 0 Å². The second kappa shape index (κ2) is 9.36. The molecule has 0 unspecified atom stereocenters. The number of ketones is 1. The zero-order chi connectivity index (χ0) is 18.9. The lowest BCUT2D eigenvalue weighted by molar-refractivity contribution is -0.154. The highest BCUT2D eigenvalue weighted by Gasteiger charge is 2.21. The average Bonchev–Trinajstić information content (AvgIpc) is 2.65. The SMILES string of the molecule is CC[C@@H](Oc1ccccc1)C(=O)OCC(=O)Nc1ccc(C(C)=O)cc1. The highest BCUT2D eigenvalue weighted by atomic mass is 16.6. The monoisotopic (exact) mass is 355 g/mol. The first kappa shape index (κ1) is 19.2. The van der Waals surface area contributed by atoms with Crippen molar-refractivity contribution >= 4 is 23.3 Å². The van der Waals surface area contributed by atoms with Gasteiger partial charge in [0.15, 0.2) is 18.5 Å². The molecule has 0 aromatic heterocycles. The van der Waals surface area contributed by atoms with Gasteiger partial charge in [-0.3, -0.25) is 9.59 Å². The number of carbonyl (C=O) groups excluding carboxylic acids is 3. The number of nitrogens with one attached hydrogen (secondary N) is 1. The first-order valence-electron chi connectivity index (χ1n) is 8.28. The van der Waals surface area contributed by atoms with E-state index < -0.39 is 24.6 Å². The summed E-state index contributed by atoms with van der Waals surface area (Å²) in [5.41, 5.74) is 1.07. The smallest absolute Gasteiger partial charge is 0.347 e. The Balaban J connectivity index is 1.83. The number of para-hydroxylation sites is 1. The van der Waals surface area contributed by atoms with E-state index in [1.54, 1.807) is 55.5 Å². The van der Waals surface area contributed by atoms with Crippen molar-refractivity contribution in [2.45, 2.75) is 26.4 Å². The van der Waals surface area contributed by atoms with Crippen molar-refractivity contribution in [3.63, 3.8) is 0 Å². The van der Waals surface area contributed by atoms with Gasteiger partial charge in [0.25, 0.3) is 5.91 Å². The number of carbonyl (C=O) groups is 3. The second-order valence-corrected chi connectivity index (χ2v) is 5.62. The van der Waals surface area contributed by atoms with E-state index in [0.29, 0.717) is 23.4 Å². The molecule has 136 valence electrons. The number of esters is 1. The van der Waals surface area contributed by atoms with Gasteiger partial charge >= 0.3 is 5.97 Å². The maximum atomic E-state index is 12.1. The first-order chi connectivity index (χ1) is 12.5. The molecule has 0 heterocycles. The van der Waals surface area contributed by atoms with Crippen molar-refractivity contribution in [2.24, 2.45) is 0 Å². The molecule has 2 rings (SSSR count). The summed E-state index contributed by atoms with van der Waals surface area (Å²) in [6.07, 6.45) is -0.359. The Morgan fingerprint density at radius 1 is 1.00 bits per heavy atom. The van der Waals surface area contributed by atoms with Crippen LogP contribution in [0.25, 0.3) is 0 Å². The Morgan fingerprint density at radius 2 is 1.65 bits per heavy atom. The predicted octanol–water partition coefficient (Wildman–Crippen LogP) is 3.23. The third-order valence-corrected chi connectivity index (χ3v) is 3.58. The van der Waals surface area contributed by atoms with Crippen LogP contribution in [0.3, 0.4) is 0 Å². The van der Waals surface area contributed by atoms with Gasteiger partial charge in [-0.1, -0.05) is 25.1 Å². The summed E-state index contributed by atoms with van der Waals surface area (Å²) in [4.78, 5) is 35.2. The quantitative estimate of drug-likeness (QED) is 0.581. The molecule has 0 aliphatic heterocycles. The van der Waals surface area contributed by atoms with Gasteiger partial charge in [0, 0.05) is 11.3 Å². The zero-order valence-corrected chi connectivity index (χ0v) is 14.7. The molecule has 1 amide bonds. The number of Topliss-reactive ketones (excluding diaryl/α,β-unsaturated/α-hetero) is 1. The number of hydrogen-bond donors (Lipinski definition) is 1. The summed E-state index contributed by atoms with van der Waals surface area (Å²) < 4.78 is 10.6. The van der Waals surface area contributed by atoms with E-state index in [9.17, 15) is 14.4 Å². The van der Waals surface area contributed by atoms with Crippen LogP contribution in [0.4, 0.5) is 5.69 Å². The summed E-state index contributed by atoms with van der Waals surface area (Å²) in [7, 11) is 0. The van der Waals surface area contributed by atoms with Crippen molar-refractivity contribution in [1.82, 2.24) is 0 Å². The maximum absolute atomic E-state index is 12.1. The largest absolute Gasteiger partial charge is 0.479 e. The third kappa shape index (κ3) is 5.73. The molecule has 26 heavy (non-hydrogen) atoms. The number of benzene rings is 2. The van der Waals surface area contributed by atoms with Crippen LogP contribution >= 0.6 is 0 Å². The van der Waals surface area contributed by atoms with E-state index in [1.807, 2.05) is 6.07 Å². The number of rotatable bonds is 8. The highest BCUT2D eigenvalue weighted by Crippen LogP contribution is 2.14. The van der Waals surface area contributed by atoms with Gasteiger partial charge in [0.1, 0.15) is 5.75 Å². The normalized spacial score (nSPS) is 11.3. The fourth-order valence-electron chi connectivity index (χ4n) is 2.18. The Bertz CT molecular complexity index is 756. The first-order valence-corrected chi connectivity index (χ1v) is 8.28. The third-order valence-electron chi connectivity index (χ3n) is 3.58. The molecule has 6 nitrogen and oxygen atoms in total. The minimum Gasteiger partial charge on any atom is -0.479 e. The Labute approximate surface area is 152 Å². The van der Waals surface area contributed by atoms with Gasteiger partial charge in [-0.2, -0.15) is 0 Å². The van der Waals surface area contributed by atoms with Crippen LogP contribution in [0.1, 0.15) is 30.6 Å². The Morgan fingerprint density at radius 3 is 2.23 bits per heavy atom. The summed E-state index contributed by atoms with van der Waals surface area (Å²) >= 11 is 0. The summed E-state index contributed by atoms with van der Waals surface area (Å²) in [5.74, 6) is -0.561. The lowest BCUT2D eigenvalue weighted by Gasteiger charge is -2.16. The van der Waals surface area contributed by atoms with Gasteiger partial charge in [-0.15, -0.1) is 0 Å². The van der Waals surface area contributed by atoms with Gasteiger partial charge in [0.05, 0.1) is 0 Å². The molecule has 1 N–H and O–H groups in total. The molecule has 0 aliphatic rings. The van der Waals surface area contributed by atoms with E-state index >= 15 is 0 Å². The fraction of sp³-hybridized carbons (Fsp3) is 0.250. The zero-order valence-electron chi connectivity index (χ0n) is 14.7. The molecule has 0 bridgehead atoms. The molecule has 0 aliphatic carbocycles. The van der Waals surface area contributed by atoms with Gasteiger partial charge < -0.3 is 14.8 Å². The number of ether oxygens (including phenoxy) is 2. The van der Waals surface area contributed by atoms with Crippen molar-refractivity contribution in [2.75, 3.05) is 11.9 Å². The second-order valence-electron chi connectivity index (χ2n) is 5.62. The van der Waals surface area contributed by atoms with Crippen LogP contribution in [-0.4, -0.2) is 30.4 Å². The maximum Gasteiger partial charge on any atom is 0.347 e. The van der Waals surface area contributed by atoms with Gasteiger partial charge in [-0.05, 0) is 49.7 Å². The lowest BCUT2D eigenvalue weighted by Crippen LogP contribution is -2.31. The van der Waals surface area contributed by atoms with Crippen molar-refractivity contribution in [3.05, 3.63) is 60.2 Å². The van der Waals surface area contributed by atoms with E-state index in [0.717, 1.165) is 0 Å². The number of amides is 1. The van der Waals surface area contributed by atoms with Crippen molar-refractivity contribution < 1.29 is 23.9 Å². The lowest BCUT2D eigenvalue weighted by atomic mass is 10.1. The molecule has 2 aromatic rings. The van der Waals surface area contributed by atoms with Crippen LogP contribution in [0.2, 0.25) is 0 Å². The highest BCUT2D eigenvalue weighted by molar-refractivity contribution is 5.96. The number of anilines is 1. The topological polar surface area (TPSA) is 81.7 Å². The van der Waals surface area contributed by atoms with Crippen LogP contribution in [0.15, 0.2) is 54.6 Å². The predicted molar refractivity (Wildman–Crippen MR) is 97.2 cm³/mol. The van der Waals surface area contributed by atoms with Crippen molar-refractivity contribution in [1.29, 1.82) is 0 Å². The molecule has 0 fully saturated rings. The average molecular weight is 355 g/mol. The summed E-state index contributed by atoms with van der Waals surface area (Å²) in [6, 6.07) is 15.4. The summed E-state index contributed by atoms with van der Waals surface area (Å²) in [5, 5.41) is 2.60. The fourth-order valence-corrected chi connectivity index (χ4v) is 2.18. The van der Waals surface area contributed by atoms with Gasteiger partial charge in [0.2, 0.25) is 0 Å². The van der Waals surface area contributed by atoms with E-state index in [2.05, 4.69) is 5.32 Å². The van der Waals surface area contributed by atoms with E-state index in [-0.39, 0.29) is 5.78 Å². The molecular weight excluding hydrogens is 334 g/mol. The van der Waals surface area contributed by atoms with Crippen LogP contribution in [0.5, 0.6) is 5.75 Å². The molecular formula is C20H21NO5. The molecule has 1 atom stereocenters. The molecule has 0 radical (unpaired) electrons. The van der Waals surface area contributed by atoms with Crippen molar-refractivity contribution in [3.8, 4) is 5.75 Å².